The Hall–Kier alpha value is -3.12. The molecular weight excluding hydrogens is 510 g/mol. The number of aliphatic hydroxyl groups is 1. The number of piperidine rings is 1. The van der Waals surface area contributed by atoms with E-state index in [1.165, 1.54) is 0 Å². The van der Waals surface area contributed by atoms with E-state index in [0.29, 0.717) is 36.6 Å². The molecule has 0 amide bonds. The maximum Gasteiger partial charge on any atom is 0.338 e. The van der Waals surface area contributed by atoms with Crippen LogP contribution in [0.4, 0.5) is 0 Å². The smallest absolute Gasteiger partial charge is 0.338 e. The minimum absolute atomic E-state index is 0.301. The van der Waals surface area contributed by atoms with E-state index in [2.05, 4.69) is 30.0 Å². The lowest BCUT2D eigenvalue weighted by molar-refractivity contribution is -0.0254. The number of unbranched alkanes of at least 4 members (excludes halogenated alkanes) is 1. The van der Waals surface area contributed by atoms with Crippen LogP contribution in [-0.4, -0.2) is 42.2 Å². The summed E-state index contributed by atoms with van der Waals surface area (Å²) < 4.78 is 11.6. The van der Waals surface area contributed by atoms with Crippen molar-refractivity contribution in [3.63, 3.8) is 0 Å². The largest absolute Gasteiger partial charge is 0.488 e. The van der Waals surface area contributed by atoms with E-state index in [9.17, 15) is 9.90 Å². The summed E-state index contributed by atoms with van der Waals surface area (Å²) in [7, 11) is 0. The highest BCUT2D eigenvalue weighted by Gasteiger charge is 2.33. The SMILES string of the molecule is CCCCOC(=O)c1ccc2c(c1)/C(=C\CCN1CCC(O)(c3ccc(Cl)cc3)CC1)c1ccccc1CO2. The Morgan fingerprint density at radius 1 is 1.08 bits per heavy atom. The van der Waals surface area contributed by atoms with Crippen LogP contribution in [0, 0.1) is 0 Å². The maximum atomic E-state index is 12.7. The predicted molar refractivity (Wildman–Crippen MR) is 155 cm³/mol. The lowest BCUT2D eigenvalue weighted by Crippen LogP contribution is -2.42. The minimum Gasteiger partial charge on any atom is -0.488 e. The highest BCUT2D eigenvalue weighted by Crippen LogP contribution is 2.38. The van der Waals surface area contributed by atoms with Gasteiger partial charge in [-0.1, -0.05) is 67.4 Å². The molecule has 0 radical (unpaired) electrons. The summed E-state index contributed by atoms with van der Waals surface area (Å²) in [5, 5.41) is 11.9. The second-order valence-electron chi connectivity index (χ2n) is 10.4. The molecule has 39 heavy (non-hydrogen) atoms. The molecule has 2 aliphatic rings. The summed E-state index contributed by atoms with van der Waals surface area (Å²) in [4.78, 5) is 15.1. The standard InChI is InChI=1S/C33H36ClNO4/c1-2-3-21-38-32(36)24-10-15-31-30(22-24)29(28-8-5-4-7-25(28)23-39-31)9-6-18-35-19-16-33(37,17-20-35)26-11-13-27(34)14-12-26/h4-5,7-15,22,37H,2-3,6,16-21,23H2,1H3/b29-9-. The maximum absolute atomic E-state index is 12.7. The predicted octanol–water partition coefficient (Wildman–Crippen LogP) is 6.99. The number of hydrogen-bond acceptors (Lipinski definition) is 5. The number of carbonyl (C=O) groups excluding carboxylic acids is 1. The van der Waals surface area contributed by atoms with Crippen LogP contribution in [0.25, 0.3) is 5.57 Å². The first-order chi connectivity index (χ1) is 19.0. The average molecular weight is 546 g/mol. The number of halogens is 1. The van der Waals surface area contributed by atoms with Gasteiger partial charge >= 0.3 is 5.97 Å². The first-order valence-corrected chi connectivity index (χ1v) is 14.3. The van der Waals surface area contributed by atoms with Crippen LogP contribution in [0.1, 0.15) is 71.6 Å². The van der Waals surface area contributed by atoms with Crippen LogP contribution in [0.5, 0.6) is 5.75 Å². The molecule has 1 saturated heterocycles. The van der Waals surface area contributed by atoms with Gasteiger partial charge in [-0.3, -0.25) is 0 Å². The molecule has 3 aromatic carbocycles. The third kappa shape index (κ3) is 6.38. The third-order valence-corrected chi connectivity index (χ3v) is 8.04. The van der Waals surface area contributed by atoms with Crippen molar-refractivity contribution in [3.05, 3.63) is 106 Å². The lowest BCUT2D eigenvalue weighted by Gasteiger charge is -2.38. The summed E-state index contributed by atoms with van der Waals surface area (Å²) in [6.45, 7) is 5.52. The molecule has 0 aromatic heterocycles. The third-order valence-electron chi connectivity index (χ3n) is 7.79. The molecular formula is C33H36ClNO4. The van der Waals surface area contributed by atoms with Crippen molar-refractivity contribution < 1.29 is 19.4 Å². The van der Waals surface area contributed by atoms with Gasteiger partial charge in [0, 0.05) is 30.2 Å². The van der Waals surface area contributed by atoms with E-state index in [1.54, 1.807) is 6.07 Å². The molecule has 6 heteroatoms. The molecule has 0 bridgehead atoms. The summed E-state index contributed by atoms with van der Waals surface area (Å²) in [5.41, 5.74) is 4.91. The van der Waals surface area contributed by atoms with E-state index in [-0.39, 0.29) is 5.97 Å². The van der Waals surface area contributed by atoms with Crippen LogP contribution < -0.4 is 4.74 Å². The Labute approximate surface area is 236 Å². The topological polar surface area (TPSA) is 59.0 Å². The number of benzene rings is 3. The number of hydrogen-bond donors (Lipinski definition) is 1. The van der Waals surface area contributed by atoms with Crippen molar-refractivity contribution >= 4 is 23.1 Å². The van der Waals surface area contributed by atoms with Gasteiger partial charge in [0.1, 0.15) is 12.4 Å². The molecule has 0 atom stereocenters. The molecule has 0 unspecified atom stereocenters. The van der Waals surface area contributed by atoms with Crippen LogP contribution in [0.15, 0.2) is 72.8 Å². The molecule has 2 heterocycles. The first kappa shape index (κ1) is 27.4. The normalized spacial score (nSPS) is 17.6. The van der Waals surface area contributed by atoms with E-state index < -0.39 is 5.60 Å². The Morgan fingerprint density at radius 3 is 2.62 bits per heavy atom. The van der Waals surface area contributed by atoms with Gasteiger partial charge in [-0.05, 0) is 78.3 Å². The van der Waals surface area contributed by atoms with Gasteiger partial charge in [0.25, 0.3) is 0 Å². The van der Waals surface area contributed by atoms with Gasteiger partial charge in [0.05, 0.1) is 17.8 Å². The zero-order valence-corrected chi connectivity index (χ0v) is 23.3. The number of likely N-dealkylation sites (tertiary alicyclic amines) is 1. The number of ether oxygens (including phenoxy) is 2. The Balaban J connectivity index is 1.32. The highest BCUT2D eigenvalue weighted by molar-refractivity contribution is 6.30. The van der Waals surface area contributed by atoms with E-state index in [1.807, 2.05) is 48.5 Å². The van der Waals surface area contributed by atoms with Crippen molar-refractivity contribution in [2.75, 3.05) is 26.2 Å². The lowest BCUT2D eigenvalue weighted by atomic mass is 9.84. The van der Waals surface area contributed by atoms with Crippen LogP contribution in [0.3, 0.4) is 0 Å². The second-order valence-corrected chi connectivity index (χ2v) is 10.9. The fourth-order valence-corrected chi connectivity index (χ4v) is 5.53. The molecule has 0 saturated carbocycles. The average Bonchev–Trinajstić information content (AvgIpc) is 3.11. The van der Waals surface area contributed by atoms with Crippen molar-refractivity contribution in [2.24, 2.45) is 0 Å². The van der Waals surface area contributed by atoms with Crippen molar-refractivity contribution in [2.45, 2.75) is 51.2 Å². The minimum atomic E-state index is -0.807. The van der Waals surface area contributed by atoms with Crippen LogP contribution in [-0.2, 0) is 16.9 Å². The summed E-state index contributed by atoms with van der Waals surface area (Å²) in [5.74, 6) is 0.471. The van der Waals surface area contributed by atoms with Gasteiger partial charge in [-0.25, -0.2) is 4.79 Å². The zero-order valence-electron chi connectivity index (χ0n) is 22.5. The Morgan fingerprint density at radius 2 is 1.85 bits per heavy atom. The first-order valence-electron chi connectivity index (χ1n) is 13.9. The molecule has 204 valence electrons. The molecule has 1 fully saturated rings. The van der Waals surface area contributed by atoms with Crippen molar-refractivity contribution in [3.8, 4) is 5.75 Å². The second kappa shape index (κ2) is 12.4. The van der Waals surface area contributed by atoms with E-state index in [4.69, 9.17) is 21.1 Å². The number of carbonyl (C=O) groups is 1. The van der Waals surface area contributed by atoms with E-state index >= 15 is 0 Å². The molecule has 1 N–H and O–H groups in total. The number of fused-ring (bicyclic) bond motifs is 2. The molecule has 5 nitrogen and oxygen atoms in total. The molecule has 2 aliphatic heterocycles. The molecule has 5 rings (SSSR count). The van der Waals surface area contributed by atoms with Gasteiger partial charge in [0.2, 0.25) is 0 Å². The Kier molecular flexibility index (Phi) is 8.71. The van der Waals surface area contributed by atoms with Gasteiger partial charge < -0.3 is 19.5 Å². The monoisotopic (exact) mass is 545 g/mol. The van der Waals surface area contributed by atoms with Gasteiger partial charge in [-0.15, -0.1) is 0 Å². The number of esters is 1. The van der Waals surface area contributed by atoms with E-state index in [0.717, 1.165) is 72.5 Å². The summed E-state index contributed by atoms with van der Waals surface area (Å²) in [6.07, 6.45) is 6.31. The fraction of sp³-hybridized carbons (Fsp3) is 0.364. The number of nitrogens with zero attached hydrogens (tertiary/aromatic N) is 1. The van der Waals surface area contributed by atoms with Crippen LogP contribution in [0.2, 0.25) is 5.02 Å². The van der Waals surface area contributed by atoms with Gasteiger partial charge in [-0.2, -0.15) is 0 Å². The van der Waals surface area contributed by atoms with Crippen molar-refractivity contribution in [1.82, 2.24) is 4.90 Å². The highest BCUT2D eigenvalue weighted by atomic mass is 35.5. The van der Waals surface area contributed by atoms with Crippen LogP contribution >= 0.6 is 11.6 Å². The zero-order chi connectivity index (χ0) is 27.2. The van der Waals surface area contributed by atoms with Crippen molar-refractivity contribution in [1.29, 1.82) is 0 Å². The summed E-state index contributed by atoms with van der Waals surface area (Å²) in [6, 6.07) is 21.4. The fourth-order valence-electron chi connectivity index (χ4n) is 5.40. The molecule has 0 aliphatic carbocycles. The molecule has 3 aromatic rings. The Bertz CT molecular complexity index is 1330. The quantitative estimate of drug-likeness (QED) is 0.244. The number of rotatable bonds is 8. The molecule has 0 spiro atoms. The summed E-state index contributed by atoms with van der Waals surface area (Å²) >= 11 is 6.04. The van der Waals surface area contributed by atoms with Gasteiger partial charge in [0.15, 0.2) is 0 Å².